The van der Waals surface area contributed by atoms with Crippen molar-refractivity contribution < 1.29 is 9.13 Å². The fraction of sp³-hybridized carbons (Fsp3) is 0.600. The van der Waals surface area contributed by atoms with E-state index in [4.69, 9.17) is 4.74 Å². The summed E-state index contributed by atoms with van der Waals surface area (Å²) in [7, 11) is 0. The van der Waals surface area contributed by atoms with E-state index < -0.39 is 11.4 Å². The average Bonchev–Trinajstić information content (AvgIpc) is 3.03. The molecule has 0 aliphatic heterocycles. The lowest BCUT2D eigenvalue weighted by molar-refractivity contribution is 0.172. The molecule has 0 spiro atoms. The molecule has 2 heterocycles. The maximum atomic E-state index is 14.1. The fourth-order valence-corrected chi connectivity index (χ4v) is 3.46. The number of nitrogens with one attached hydrogen (secondary N) is 1. The molecule has 150 valence electrons. The van der Waals surface area contributed by atoms with Gasteiger partial charge in [0.15, 0.2) is 0 Å². The first-order valence-corrected chi connectivity index (χ1v) is 9.69. The first-order valence-electron chi connectivity index (χ1n) is 9.69. The van der Waals surface area contributed by atoms with Gasteiger partial charge in [0, 0.05) is 0 Å². The molecule has 2 aromatic rings. The fourth-order valence-electron chi connectivity index (χ4n) is 3.46. The molecule has 0 saturated heterocycles. The number of halogens is 1. The van der Waals surface area contributed by atoms with Crippen LogP contribution in [0.15, 0.2) is 12.4 Å². The minimum absolute atomic E-state index is 0.0434. The Hall–Kier alpha value is -2.69. The Morgan fingerprint density at radius 2 is 2.21 bits per heavy atom. The van der Waals surface area contributed by atoms with Crippen molar-refractivity contribution in [3.05, 3.63) is 23.9 Å². The molecular weight excluding hydrogens is 359 g/mol. The standard InChI is InChI=1S/C20H27FN6O/c1-13-6-5-7-15(8-13)11-28-18-16(21)9-23-19(25-18)24-17-10-27(26-14(17)2)20(3,4)12-22/h9-10,13,15H,5-8,11H2,1-4H3,(H,23,24,25). The smallest absolute Gasteiger partial charge is 0.255 e. The summed E-state index contributed by atoms with van der Waals surface area (Å²) in [6.45, 7) is 8.07. The topological polar surface area (TPSA) is 88.7 Å². The lowest BCUT2D eigenvalue weighted by Crippen LogP contribution is -2.24. The van der Waals surface area contributed by atoms with Crippen LogP contribution in [0.4, 0.5) is 16.0 Å². The van der Waals surface area contributed by atoms with E-state index in [9.17, 15) is 9.65 Å². The first kappa shape index (κ1) is 20.1. The molecule has 3 rings (SSSR count). The number of hydrogen-bond acceptors (Lipinski definition) is 6. The van der Waals surface area contributed by atoms with Crippen LogP contribution in [0.3, 0.4) is 0 Å². The SMILES string of the molecule is Cc1nn(C(C)(C)C#N)cc1Nc1ncc(F)c(OCC2CCCC(C)C2)n1. The van der Waals surface area contributed by atoms with E-state index in [0.29, 0.717) is 29.8 Å². The number of aromatic nitrogens is 4. The maximum Gasteiger partial charge on any atom is 0.255 e. The minimum Gasteiger partial charge on any atom is -0.475 e. The van der Waals surface area contributed by atoms with E-state index in [2.05, 4.69) is 33.4 Å². The van der Waals surface area contributed by atoms with Gasteiger partial charge >= 0.3 is 0 Å². The van der Waals surface area contributed by atoms with Crippen LogP contribution >= 0.6 is 0 Å². The summed E-state index contributed by atoms with van der Waals surface area (Å²) in [5, 5.41) is 16.7. The van der Waals surface area contributed by atoms with Gasteiger partial charge in [-0.3, -0.25) is 4.68 Å². The van der Waals surface area contributed by atoms with Crippen molar-refractivity contribution in [1.29, 1.82) is 5.26 Å². The lowest BCUT2D eigenvalue weighted by Gasteiger charge is -2.26. The molecule has 1 fully saturated rings. The highest BCUT2D eigenvalue weighted by atomic mass is 19.1. The van der Waals surface area contributed by atoms with Gasteiger partial charge in [-0.05, 0) is 45.4 Å². The van der Waals surface area contributed by atoms with Gasteiger partial charge in [-0.1, -0.05) is 19.8 Å². The van der Waals surface area contributed by atoms with Crippen LogP contribution in [0.1, 0.15) is 52.1 Å². The van der Waals surface area contributed by atoms with Crippen LogP contribution in [0.2, 0.25) is 0 Å². The van der Waals surface area contributed by atoms with Crippen LogP contribution < -0.4 is 10.1 Å². The van der Waals surface area contributed by atoms with Gasteiger partial charge < -0.3 is 10.1 Å². The van der Waals surface area contributed by atoms with Gasteiger partial charge in [0.2, 0.25) is 11.8 Å². The number of anilines is 2. The molecule has 1 aliphatic carbocycles. The highest BCUT2D eigenvalue weighted by Crippen LogP contribution is 2.29. The predicted octanol–water partition coefficient (Wildman–Crippen LogP) is 4.33. The number of ether oxygens (including phenoxy) is 1. The molecule has 0 bridgehead atoms. The highest BCUT2D eigenvalue weighted by molar-refractivity contribution is 5.55. The number of rotatable bonds is 6. The van der Waals surface area contributed by atoms with Crippen LogP contribution in [0.5, 0.6) is 5.88 Å². The molecule has 8 heteroatoms. The zero-order valence-electron chi connectivity index (χ0n) is 16.9. The van der Waals surface area contributed by atoms with Crippen molar-refractivity contribution in [2.45, 2.75) is 58.9 Å². The molecule has 0 aromatic carbocycles. The predicted molar refractivity (Wildman–Crippen MR) is 104 cm³/mol. The Balaban J connectivity index is 1.70. The number of nitriles is 1. The van der Waals surface area contributed by atoms with Crippen molar-refractivity contribution in [2.24, 2.45) is 11.8 Å². The van der Waals surface area contributed by atoms with Crippen LogP contribution in [-0.4, -0.2) is 26.4 Å². The molecular formula is C20H27FN6O. The van der Waals surface area contributed by atoms with E-state index in [1.165, 1.54) is 12.8 Å². The molecule has 0 radical (unpaired) electrons. The summed E-state index contributed by atoms with van der Waals surface area (Å²) in [6.07, 6.45) is 7.47. The van der Waals surface area contributed by atoms with Crippen molar-refractivity contribution >= 4 is 11.6 Å². The Morgan fingerprint density at radius 1 is 1.43 bits per heavy atom. The number of hydrogen-bond donors (Lipinski definition) is 1. The van der Waals surface area contributed by atoms with Gasteiger partial charge in [-0.25, -0.2) is 4.98 Å². The van der Waals surface area contributed by atoms with Gasteiger partial charge in [-0.2, -0.15) is 19.7 Å². The molecule has 7 nitrogen and oxygen atoms in total. The van der Waals surface area contributed by atoms with E-state index in [-0.39, 0.29) is 11.8 Å². The van der Waals surface area contributed by atoms with Gasteiger partial charge in [0.25, 0.3) is 5.88 Å². The van der Waals surface area contributed by atoms with Gasteiger partial charge in [0.05, 0.1) is 36.5 Å². The van der Waals surface area contributed by atoms with Crippen LogP contribution in [0, 0.1) is 35.9 Å². The summed E-state index contributed by atoms with van der Waals surface area (Å²) in [5.41, 5.74) is 0.566. The van der Waals surface area contributed by atoms with E-state index in [1.807, 2.05) is 6.92 Å². The second-order valence-corrected chi connectivity index (χ2v) is 8.16. The lowest BCUT2D eigenvalue weighted by atomic mass is 9.83. The summed E-state index contributed by atoms with van der Waals surface area (Å²) >= 11 is 0. The number of nitrogens with zero attached hydrogens (tertiary/aromatic N) is 5. The van der Waals surface area contributed by atoms with Crippen molar-refractivity contribution in [1.82, 2.24) is 19.7 Å². The summed E-state index contributed by atoms with van der Waals surface area (Å²) in [4.78, 5) is 8.18. The molecule has 2 aromatic heterocycles. The molecule has 1 N–H and O–H groups in total. The normalized spacial score (nSPS) is 19.9. The second-order valence-electron chi connectivity index (χ2n) is 8.16. The monoisotopic (exact) mass is 386 g/mol. The minimum atomic E-state index is -0.778. The van der Waals surface area contributed by atoms with E-state index >= 15 is 0 Å². The van der Waals surface area contributed by atoms with Crippen LogP contribution in [-0.2, 0) is 5.54 Å². The van der Waals surface area contributed by atoms with Gasteiger partial charge in [-0.15, -0.1) is 0 Å². The number of aryl methyl sites for hydroxylation is 1. The molecule has 2 atom stereocenters. The Kier molecular flexibility index (Phi) is 5.82. The zero-order chi connectivity index (χ0) is 20.3. The molecule has 2 unspecified atom stereocenters. The van der Waals surface area contributed by atoms with Crippen molar-refractivity contribution in [3.8, 4) is 11.9 Å². The largest absolute Gasteiger partial charge is 0.475 e. The zero-order valence-corrected chi connectivity index (χ0v) is 16.9. The quantitative estimate of drug-likeness (QED) is 0.795. The maximum absolute atomic E-state index is 14.1. The highest BCUT2D eigenvalue weighted by Gasteiger charge is 2.23. The molecule has 28 heavy (non-hydrogen) atoms. The van der Waals surface area contributed by atoms with Crippen molar-refractivity contribution in [2.75, 3.05) is 11.9 Å². The summed E-state index contributed by atoms with van der Waals surface area (Å²) in [5.74, 6) is 0.728. The Bertz CT molecular complexity index is 872. The molecule has 0 amide bonds. The van der Waals surface area contributed by atoms with E-state index in [0.717, 1.165) is 19.0 Å². The molecule has 1 aliphatic rings. The van der Waals surface area contributed by atoms with Gasteiger partial charge in [0.1, 0.15) is 5.54 Å². The molecule has 1 saturated carbocycles. The Morgan fingerprint density at radius 3 is 2.93 bits per heavy atom. The summed E-state index contributed by atoms with van der Waals surface area (Å²) in [6, 6.07) is 2.20. The third-order valence-corrected chi connectivity index (χ3v) is 5.20. The summed E-state index contributed by atoms with van der Waals surface area (Å²) < 4.78 is 21.4. The third-order valence-electron chi connectivity index (χ3n) is 5.20. The average molecular weight is 386 g/mol. The van der Waals surface area contributed by atoms with Crippen LogP contribution in [0.25, 0.3) is 0 Å². The van der Waals surface area contributed by atoms with E-state index in [1.54, 1.807) is 24.7 Å². The first-order chi connectivity index (χ1) is 13.3. The Labute approximate surface area is 164 Å². The second kappa shape index (κ2) is 8.13. The van der Waals surface area contributed by atoms with Crippen molar-refractivity contribution in [3.63, 3.8) is 0 Å². The third kappa shape index (κ3) is 4.58.